The van der Waals surface area contributed by atoms with E-state index in [0.29, 0.717) is 44.3 Å². The van der Waals surface area contributed by atoms with Crippen LogP contribution in [0.5, 0.6) is 0 Å². The maximum Gasteiger partial charge on any atom is 0.251 e. The van der Waals surface area contributed by atoms with Gasteiger partial charge in [0.25, 0.3) is 5.56 Å². The number of nitrogens with one attached hydrogen (secondary N) is 1. The number of aryl methyl sites for hydroxylation is 1. The third-order valence-corrected chi connectivity index (χ3v) is 4.21. The van der Waals surface area contributed by atoms with Crippen molar-refractivity contribution in [1.29, 1.82) is 0 Å². The SMILES string of the molecule is Cc1nc([C@@H]2CN(C(=O)CN(C)Cc3cccnc3)CCO2)cc(=O)[nH]1. The first-order chi connectivity index (χ1) is 12.5. The highest BCUT2D eigenvalue weighted by atomic mass is 16.5. The van der Waals surface area contributed by atoms with Crippen LogP contribution in [0.25, 0.3) is 0 Å². The summed E-state index contributed by atoms with van der Waals surface area (Å²) in [5.74, 6) is 0.571. The summed E-state index contributed by atoms with van der Waals surface area (Å²) in [6.45, 7) is 4.06. The highest BCUT2D eigenvalue weighted by molar-refractivity contribution is 5.78. The second-order valence-electron chi connectivity index (χ2n) is 6.49. The molecule has 1 aliphatic heterocycles. The van der Waals surface area contributed by atoms with Crippen molar-refractivity contribution >= 4 is 5.91 Å². The van der Waals surface area contributed by atoms with Crippen molar-refractivity contribution in [2.75, 3.05) is 33.3 Å². The lowest BCUT2D eigenvalue weighted by atomic mass is 10.2. The Morgan fingerprint density at radius 2 is 2.35 bits per heavy atom. The Labute approximate surface area is 151 Å². The molecule has 0 aromatic carbocycles. The molecule has 8 nitrogen and oxygen atoms in total. The summed E-state index contributed by atoms with van der Waals surface area (Å²) in [6, 6.07) is 5.30. The van der Waals surface area contributed by atoms with E-state index in [2.05, 4.69) is 15.0 Å². The maximum atomic E-state index is 12.6. The number of aromatic amines is 1. The minimum atomic E-state index is -0.377. The number of hydrogen-bond donors (Lipinski definition) is 1. The van der Waals surface area contributed by atoms with E-state index in [1.807, 2.05) is 24.1 Å². The fourth-order valence-electron chi connectivity index (χ4n) is 3.01. The molecule has 3 rings (SSSR count). The first-order valence-corrected chi connectivity index (χ1v) is 8.56. The van der Waals surface area contributed by atoms with Gasteiger partial charge in [-0.05, 0) is 25.6 Å². The molecular formula is C18H23N5O3. The van der Waals surface area contributed by atoms with E-state index in [0.717, 1.165) is 5.56 Å². The number of rotatable bonds is 5. The van der Waals surface area contributed by atoms with E-state index in [1.54, 1.807) is 24.2 Å². The molecule has 26 heavy (non-hydrogen) atoms. The molecule has 0 saturated carbocycles. The summed E-state index contributed by atoms with van der Waals surface area (Å²) in [5, 5.41) is 0. The average molecular weight is 357 g/mol. The van der Waals surface area contributed by atoms with Crippen LogP contribution in [-0.2, 0) is 16.1 Å². The monoisotopic (exact) mass is 357 g/mol. The smallest absolute Gasteiger partial charge is 0.251 e. The van der Waals surface area contributed by atoms with Crippen LogP contribution in [0.15, 0.2) is 35.4 Å². The lowest BCUT2D eigenvalue weighted by Crippen LogP contribution is -2.46. The number of amides is 1. The largest absolute Gasteiger partial charge is 0.368 e. The molecule has 0 radical (unpaired) electrons. The fraction of sp³-hybridized carbons (Fsp3) is 0.444. The van der Waals surface area contributed by atoms with Gasteiger partial charge in [-0.2, -0.15) is 0 Å². The molecule has 0 spiro atoms. The molecule has 1 aliphatic rings. The number of morpholine rings is 1. The van der Waals surface area contributed by atoms with Gasteiger partial charge in [0.2, 0.25) is 5.91 Å². The van der Waals surface area contributed by atoms with Crippen molar-refractivity contribution in [3.63, 3.8) is 0 Å². The number of hydrogen-bond acceptors (Lipinski definition) is 6. The molecule has 2 aromatic rings. The van der Waals surface area contributed by atoms with Crippen LogP contribution in [-0.4, -0.2) is 63.9 Å². The van der Waals surface area contributed by atoms with Gasteiger partial charge in [0.15, 0.2) is 0 Å². The summed E-state index contributed by atoms with van der Waals surface area (Å²) in [5.41, 5.74) is 1.41. The van der Waals surface area contributed by atoms with Crippen LogP contribution in [0.1, 0.15) is 23.2 Å². The highest BCUT2D eigenvalue weighted by Crippen LogP contribution is 2.20. The number of pyridine rings is 1. The van der Waals surface area contributed by atoms with Crippen molar-refractivity contribution in [3.8, 4) is 0 Å². The van der Waals surface area contributed by atoms with E-state index < -0.39 is 0 Å². The van der Waals surface area contributed by atoms with E-state index >= 15 is 0 Å². The molecule has 1 fully saturated rings. The van der Waals surface area contributed by atoms with Gasteiger partial charge in [-0.3, -0.25) is 19.5 Å². The highest BCUT2D eigenvalue weighted by Gasteiger charge is 2.27. The second-order valence-corrected chi connectivity index (χ2v) is 6.49. The molecule has 0 unspecified atom stereocenters. The molecule has 2 aromatic heterocycles. The first kappa shape index (κ1) is 18.2. The number of aromatic nitrogens is 3. The lowest BCUT2D eigenvalue weighted by molar-refractivity contribution is -0.140. The third-order valence-electron chi connectivity index (χ3n) is 4.21. The van der Waals surface area contributed by atoms with Crippen molar-refractivity contribution < 1.29 is 9.53 Å². The predicted octanol–water partition coefficient (Wildman–Crippen LogP) is 0.505. The number of carbonyl (C=O) groups excluding carboxylic acids is 1. The number of carbonyl (C=O) groups is 1. The van der Waals surface area contributed by atoms with E-state index in [-0.39, 0.29) is 17.6 Å². The van der Waals surface area contributed by atoms with E-state index in [4.69, 9.17) is 4.74 Å². The lowest BCUT2D eigenvalue weighted by Gasteiger charge is -2.33. The molecule has 1 saturated heterocycles. The molecule has 138 valence electrons. The molecule has 1 amide bonds. The summed E-state index contributed by atoms with van der Waals surface area (Å²) >= 11 is 0. The molecule has 3 heterocycles. The molecule has 8 heteroatoms. The Balaban J connectivity index is 1.60. The first-order valence-electron chi connectivity index (χ1n) is 8.56. The van der Waals surface area contributed by atoms with Crippen LogP contribution >= 0.6 is 0 Å². The predicted molar refractivity (Wildman–Crippen MR) is 95.4 cm³/mol. The number of likely N-dealkylation sites (N-methyl/N-ethyl adjacent to an activating group) is 1. The van der Waals surface area contributed by atoms with Crippen molar-refractivity contribution in [1.82, 2.24) is 24.8 Å². The quantitative estimate of drug-likeness (QED) is 0.838. The molecule has 0 bridgehead atoms. The third kappa shape index (κ3) is 4.74. The molecule has 0 aliphatic carbocycles. The summed E-state index contributed by atoms with van der Waals surface area (Å²) < 4.78 is 5.72. The average Bonchev–Trinajstić information content (AvgIpc) is 2.61. The van der Waals surface area contributed by atoms with Gasteiger partial charge >= 0.3 is 0 Å². The Kier molecular flexibility index (Phi) is 5.75. The van der Waals surface area contributed by atoms with Crippen molar-refractivity contribution in [3.05, 3.63) is 58.0 Å². The van der Waals surface area contributed by atoms with Gasteiger partial charge in [0, 0.05) is 31.5 Å². The molecule has 1 atom stereocenters. The fourth-order valence-corrected chi connectivity index (χ4v) is 3.01. The van der Waals surface area contributed by atoms with Crippen LogP contribution in [0, 0.1) is 6.92 Å². The van der Waals surface area contributed by atoms with Gasteiger partial charge in [-0.1, -0.05) is 6.07 Å². The van der Waals surface area contributed by atoms with Gasteiger partial charge in [-0.15, -0.1) is 0 Å². The van der Waals surface area contributed by atoms with Gasteiger partial charge in [0.1, 0.15) is 11.9 Å². The van der Waals surface area contributed by atoms with E-state index in [9.17, 15) is 9.59 Å². The minimum Gasteiger partial charge on any atom is -0.368 e. The Hall–Kier alpha value is -2.58. The van der Waals surface area contributed by atoms with Gasteiger partial charge in [-0.25, -0.2) is 4.98 Å². The van der Waals surface area contributed by atoms with Crippen molar-refractivity contribution in [2.45, 2.75) is 19.6 Å². The van der Waals surface area contributed by atoms with Crippen LogP contribution in [0.4, 0.5) is 0 Å². The zero-order valence-electron chi connectivity index (χ0n) is 15.0. The Bertz CT molecular complexity index is 808. The number of ether oxygens (including phenoxy) is 1. The summed E-state index contributed by atoms with van der Waals surface area (Å²) in [7, 11) is 1.91. The Morgan fingerprint density at radius 1 is 1.50 bits per heavy atom. The maximum absolute atomic E-state index is 12.6. The second kappa shape index (κ2) is 8.20. The van der Waals surface area contributed by atoms with Crippen molar-refractivity contribution in [2.24, 2.45) is 0 Å². The zero-order chi connectivity index (χ0) is 18.5. The molecule has 1 N–H and O–H groups in total. The van der Waals surface area contributed by atoms with Crippen LogP contribution in [0.2, 0.25) is 0 Å². The van der Waals surface area contributed by atoms with Gasteiger partial charge in [0.05, 0.1) is 25.4 Å². The van der Waals surface area contributed by atoms with Crippen LogP contribution < -0.4 is 5.56 Å². The number of H-pyrrole nitrogens is 1. The van der Waals surface area contributed by atoms with Gasteiger partial charge < -0.3 is 14.6 Å². The standard InChI is InChI=1S/C18H23N5O3/c1-13-20-15(8-17(24)21-13)16-11-23(6-7-26-16)18(25)12-22(2)10-14-4-3-5-19-9-14/h3-5,8-9,16H,6-7,10-12H2,1-2H3,(H,20,21,24)/t16-/m0/s1. The number of nitrogens with zero attached hydrogens (tertiary/aromatic N) is 4. The van der Waals surface area contributed by atoms with Crippen LogP contribution in [0.3, 0.4) is 0 Å². The molecular weight excluding hydrogens is 334 g/mol. The summed E-state index contributed by atoms with van der Waals surface area (Å²) in [6.07, 6.45) is 3.15. The Morgan fingerprint density at radius 3 is 3.08 bits per heavy atom. The minimum absolute atomic E-state index is 0.0336. The zero-order valence-corrected chi connectivity index (χ0v) is 15.0. The normalized spacial score (nSPS) is 17.5. The van der Waals surface area contributed by atoms with E-state index in [1.165, 1.54) is 6.07 Å². The topological polar surface area (TPSA) is 91.4 Å². The summed E-state index contributed by atoms with van der Waals surface area (Å²) in [4.78, 5) is 39.0.